The smallest absolute Gasteiger partial charge is 0.353 e. The Morgan fingerprint density at radius 2 is 1.97 bits per heavy atom. The number of carboxylic acids is 1. The summed E-state index contributed by atoms with van der Waals surface area (Å²) >= 11 is 0. The third-order valence-electron chi connectivity index (χ3n) is 5.12. The van der Waals surface area contributed by atoms with Crippen molar-refractivity contribution in [3.05, 3.63) is 77.6 Å². The molecule has 0 aliphatic rings. The first kappa shape index (κ1) is 21.3. The third-order valence-corrected chi connectivity index (χ3v) is 5.12. The van der Waals surface area contributed by atoms with E-state index in [1.54, 1.807) is 30.3 Å². The fourth-order valence-corrected chi connectivity index (χ4v) is 3.83. The van der Waals surface area contributed by atoms with Crippen LogP contribution < -0.4 is 9.47 Å². The Bertz CT molecular complexity index is 1320. The minimum absolute atomic E-state index is 0.0305. The number of nitrogens with zero attached hydrogens (tertiary/aromatic N) is 2. The summed E-state index contributed by atoms with van der Waals surface area (Å²) in [5, 5.41) is 10.7. The van der Waals surface area contributed by atoms with Crippen LogP contribution in [0.15, 0.2) is 54.7 Å². The summed E-state index contributed by atoms with van der Waals surface area (Å²) < 4.78 is 40.7. The van der Waals surface area contributed by atoms with Crippen molar-refractivity contribution in [2.75, 3.05) is 13.7 Å². The van der Waals surface area contributed by atoms with Gasteiger partial charge in [0, 0.05) is 33.8 Å². The summed E-state index contributed by atoms with van der Waals surface area (Å²) in [5.41, 5.74) is 1.28. The lowest BCUT2D eigenvalue weighted by Crippen LogP contribution is -2.12. The second kappa shape index (κ2) is 8.66. The van der Waals surface area contributed by atoms with Crippen molar-refractivity contribution in [2.45, 2.75) is 13.5 Å². The van der Waals surface area contributed by atoms with Gasteiger partial charge in [-0.2, -0.15) is 0 Å². The third kappa shape index (κ3) is 3.75. The van der Waals surface area contributed by atoms with Gasteiger partial charge in [-0.15, -0.1) is 0 Å². The van der Waals surface area contributed by atoms with E-state index in [1.807, 2.05) is 6.92 Å². The zero-order valence-electron chi connectivity index (χ0n) is 17.4. The average molecular weight is 438 g/mol. The Labute approximate surface area is 182 Å². The summed E-state index contributed by atoms with van der Waals surface area (Å²) in [5.74, 6) is -1.67. The molecule has 4 rings (SSSR count). The summed E-state index contributed by atoms with van der Waals surface area (Å²) in [6.07, 6.45) is 1.54. The molecule has 0 fully saturated rings. The maximum atomic E-state index is 14.4. The molecule has 2 aromatic carbocycles. The van der Waals surface area contributed by atoms with Gasteiger partial charge in [0.15, 0.2) is 0 Å². The van der Waals surface area contributed by atoms with Crippen LogP contribution >= 0.6 is 0 Å². The van der Waals surface area contributed by atoms with Crippen LogP contribution in [-0.4, -0.2) is 34.3 Å². The number of ether oxygens (including phenoxy) is 2. The second-order valence-corrected chi connectivity index (χ2v) is 7.02. The molecule has 0 unspecified atom stereocenters. The molecule has 8 heteroatoms. The van der Waals surface area contributed by atoms with E-state index in [0.717, 1.165) is 18.2 Å². The van der Waals surface area contributed by atoms with Crippen LogP contribution in [0, 0.1) is 11.6 Å². The molecular weight excluding hydrogens is 418 g/mol. The molecule has 0 radical (unpaired) electrons. The Morgan fingerprint density at radius 1 is 1.16 bits per heavy atom. The Balaban J connectivity index is 2.06. The normalized spacial score (nSPS) is 11.0. The molecule has 2 heterocycles. The highest BCUT2D eigenvalue weighted by atomic mass is 19.1. The van der Waals surface area contributed by atoms with Crippen LogP contribution in [0.25, 0.3) is 22.0 Å². The quantitative estimate of drug-likeness (QED) is 0.433. The van der Waals surface area contributed by atoms with Gasteiger partial charge in [0.1, 0.15) is 23.1 Å². The SMILES string of the molecule is CCOc1ccc2c(c1)c(-c1cccnc1OC)c(C(=O)O)n2Cc1cc(F)ccc1F. The predicted molar refractivity (Wildman–Crippen MR) is 115 cm³/mol. The predicted octanol–water partition coefficient (Wildman–Crippen LogP) is 5.14. The Kier molecular flexibility index (Phi) is 5.77. The largest absolute Gasteiger partial charge is 0.494 e. The number of fused-ring (bicyclic) bond motifs is 1. The zero-order chi connectivity index (χ0) is 22.8. The summed E-state index contributed by atoms with van der Waals surface area (Å²) in [6.45, 7) is 2.09. The van der Waals surface area contributed by atoms with Crippen LogP contribution in [-0.2, 0) is 6.54 Å². The number of rotatable bonds is 7. The number of pyridine rings is 1. The highest BCUT2D eigenvalue weighted by molar-refractivity contribution is 6.09. The van der Waals surface area contributed by atoms with E-state index in [4.69, 9.17) is 9.47 Å². The van der Waals surface area contributed by atoms with E-state index >= 15 is 0 Å². The molecule has 32 heavy (non-hydrogen) atoms. The number of hydrogen-bond acceptors (Lipinski definition) is 4. The maximum Gasteiger partial charge on any atom is 0.353 e. The van der Waals surface area contributed by atoms with Gasteiger partial charge in [0.25, 0.3) is 0 Å². The molecule has 0 amide bonds. The van der Waals surface area contributed by atoms with Crippen molar-refractivity contribution in [1.82, 2.24) is 9.55 Å². The van der Waals surface area contributed by atoms with Gasteiger partial charge in [-0.3, -0.25) is 0 Å². The fourth-order valence-electron chi connectivity index (χ4n) is 3.83. The van der Waals surface area contributed by atoms with E-state index in [-0.39, 0.29) is 23.7 Å². The summed E-state index contributed by atoms with van der Waals surface area (Å²) in [6, 6.07) is 11.6. The molecule has 0 aliphatic carbocycles. The van der Waals surface area contributed by atoms with Gasteiger partial charge >= 0.3 is 5.97 Å². The van der Waals surface area contributed by atoms with Crippen molar-refractivity contribution < 1.29 is 28.2 Å². The molecule has 0 spiro atoms. The van der Waals surface area contributed by atoms with E-state index in [9.17, 15) is 18.7 Å². The molecule has 0 saturated carbocycles. The monoisotopic (exact) mass is 438 g/mol. The van der Waals surface area contributed by atoms with Crippen molar-refractivity contribution in [2.24, 2.45) is 0 Å². The molecule has 1 N–H and O–H groups in total. The zero-order valence-corrected chi connectivity index (χ0v) is 17.4. The van der Waals surface area contributed by atoms with Gasteiger partial charge < -0.3 is 19.1 Å². The number of halogens is 2. The van der Waals surface area contributed by atoms with E-state index < -0.39 is 17.6 Å². The molecular formula is C24H20F2N2O4. The minimum Gasteiger partial charge on any atom is -0.494 e. The standard InChI is InChI=1S/C24H20F2N2O4/c1-3-32-16-7-9-20-18(12-16)21(17-5-4-10-27-23(17)31-2)22(24(29)30)28(20)13-14-11-15(25)6-8-19(14)26/h4-12H,3,13H2,1-2H3,(H,29,30). The highest BCUT2D eigenvalue weighted by Crippen LogP contribution is 2.40. The first-order chi connectivity index (χ1) is 15.4. The second-order valence-electron chi connectivity index (χ2n) is 7.02. The van der Waals surface area contributed by atoms with Gasteiger partial charge in [-0.1, -0.05) is 0 Å². The first-order valence-corrected chi connectivity index (χ1v) is 9.90. The number of hydrogen-bond donors (Lipinski definition) is 1. The molecule has 2 aromatic heterocycles. The van der Waals surface area contributed by atoms with Gasteiger partial charge in [0.05, 0.1) is 20.3 Å². The van der Waals surface area contributed by atoms with E-state index in [1.165, 1.54) is 17.9 Å². The lowest BCUT2D eigenvalue weighted by atomic mass is 10.0. The topological polar surface area (TPSA) is 73.6 Å². The lowest BCUT2D eigenvalue weighted by molar-refractivity contribution is 0.0687. The molecule has 0 atom stereocenters. The van der Waals surface area contributed by atoms with Gasteiger partial charge in [0.2, 0.25) is 5.88 Å². The summed E-state index contributed by atoms with van der Waals surface area (Å²) in [4.78, 5) is 16.7. The van der Waals surface area contributed by atoms with E-state index in [0.29, 0.717) is 34.4 Å². The molecule has 0 saturated heterocycles. The number of aromatic nitrogens is 2. The molecule has 4 aromatic rings. The molecule has 164 valence electrons. The van der Waals surface area contributed by atoms with Gasteiger partial charge in [-0.25, -0.2) is 18.6 Å². The fraction of sp³-hybridized carbons (Fsp3) is 0.167. The minimum atomic E-state index is -1.23. The molecule has 0 bridgehead atoms. The number of benzene rings is 2. The molecule has 0 aliphatic heterocycles. The van der Waals surface area contributed by atoms with Gasteiger partial charge in [-0.05, 0) is 55.5 Å². The lowest BCUT2D eigenvalue weighted by Gasteiger charge is -2.11. The van der Waals surface area contributed by atoms with Crippen LogP contribution in [0.4, 0.5) is 8.78 Å². The number of carboxylic acid groups (broad SMARTS) is 1. The molecule has 6 nitrogen and oxygen atoms in total. The van der Waals surface area contributed by atoms with Crippen molar-refractivity contribution in [3.63, 3.8) is 0 Å². The average Bonchev–Trinajstić information content (AvgIpc) is 3.10. The first-order valence-electron chi connectivity index (χ1n) is 9.90. The van der Waals surface area contributed by atoms with E-state index in [2.05, 4.69) is 4.98 Å². The van der Waals surface area contributed by atoms with Crippen LogP contribution in [0.1, 0.15) is 23.0 Å². The number of carbonyl (C=O) groups is 1. The highest BCUT2D eigenvalue weighted by Gasteiger charge is 2.27. The van der Waals surface area contributed by atoms with Crippen LogP contribution in [0.5, 0.6) is 11.6 Å². The summed E-state index contributed by atoms with van der Waals surface area (Å²) in [7, 11) is 1.44. The number of methoxy groups -OCH3 is 1. The number of aromatic carboxylic acids is 1. The van der Waals surface area contributed by atoms with Crippen LogP contribution in [0.3, 0.4) is 0 Å². The van der Waals surface area contributed by atoms with Crippen molar-refractivity contribution >= 4 is 16.9 Å². The maximum absolute atomic E-state index is 14.4. The van der Waals surface area contributed by atoms with Crippen molar-refractivity contribution in [1.29, 1.82) is 0 Å². The Hall–Kier alpha value is -3.94. The van der Waals surface area contributed by atoms with Crippen LogP contribution in [0.2, 0.25) is 0 Å². The van der Waals surface area contributed by atoms with Crippen molar-refractivity contribution in [3.8, 4) is 22.8 Å². The Morgan fingerprint density at radius 3 is 2.69 bits per heavy atom.